The molecule has 8 nitrogen and oxygen atoms in total. The molecule has 0 aliphatic heterocycles. The molecule has 9 heteroatoms. The van der Waals surface area contributed by atoms with Gasteiger partial charge in [-0.05, 0) is 40.8 Å². The summed E-state index contributed by atoms with van der Waals surface area (Å²) in [4.78, 5) is 19.3. The van der Waals surface area contributed by atoms with Crippen LogP contribution in [0.5, 0.6) is 0 Å². The number of hydrogen-bond acceptors (Lipinski definition) is 6. The van der Waals surface area contributed by atoms with Crippen LogP contribution in [0.15, 0.2) is 49.1 Å². The number of thiophene rings is 1. The number of rotatable bonds is 5. The highest BCUT2D eigenvalue weighted by Crippen LogP contribution is 2.37. The molecule has 0 spiro atoms. The van der Waals surface area contributed by atoms with E-state index in [0.717, 1.165) is 41.2 Å². The largest absolute Gasteiger partial charge is 0.338 e. The van der Waals surface area contributed by atoms with Gasteiger partial charge in [-0.25, -0.2) is 4.98 Å². The van der Waals surface area contributed by atoms with E-state index < -0.39 is 0 Å². The molecule has 0 radical (unpaired) electrons. The van der Waals surface area contributed by atoms with Gasteiger partial charge in [-0.1, -0.05) is 30.3 Å². The summed E-state index contributed by atoms with van der Waals surface area (Å²) in [7, 11) is 1.93. The summed E-state index contributed by atoms with van der Waals surface area (Å²) in [6.07, 6.45) is 8.11. The van der Waals surface area contributed by atoms with Crippen molar-refractivity contribution in [2.75, 3.05) is 0 Å². The van der Waals surface area contributed by atoms with Gasteiger partial charge in [0.15, 0.2) is 0 Å². The molecule has 0 saturated carbocycles. The second kappa shape index (κ2) is 7.25. The third kappa shape index (κ3) is 3.13. The van der Waals surface area contributed by atoms with Gasteiger partial charge in [0.2, 0.25) is 0 Å². The quantitative estimate of drug-likeness (QED) is 0.551. The van der Waals surface area contributed by atoms with Gasteiger partial charge in [0.25, 0.3) is 5.91 Å². The summed E-state index contributed by atoms with van der Waals surface area (Å²) in [6, 6.07) is 9.53. The molecule has 146 valence electrons. The van der Waals surface area contributed by atoms with E-state index in [9.17, 15) is 4.79 Å². The molecule has 1 aromatic carbocycles. The molecule has 1 N–H and O–H groups in total. The number of carbonyl (C=O) groups excluding carboxylic acids is 1. The van der Waals surface area contributed by atoms with Crippen molar-refractivity contribution in [2.24, 2.45) is 7.05 Å². The Labute approximate surface area is 171 Å². The zero-order chi connectivity index (χ0) is 19.8. The van der Waals surface area contributed by atoms with Crippen molar-refractivity contribution >= 4 is 17.2 Å². The van der Waals surface area contributed by atoms with Gasteiger partial charge in [0.1, 0.15) is 23.2 Å². The van der Waals surface area contributed by atoms with Crippen LogP contribution in [0.4, 0.5) is 0 Å². The van der Waals surface area contributed by atoms with Gasteiger partial charge in [-0.3, -0.25) is 4.79 Å². The molecule has 1 aliphatic carbocycles. The van der Waals surface area contributed by atoms with Crippen LogP contribution in [0.3, 0.4) is 0 Å². The zero-order valence-electron chi connectivity index (χ0n) is 15.8. The van der Waals surface area contributed by atoms with Crippen LogP contribution in [-0.2, 0) is 19.9 Å². The van der Waals surface area contributed by atoms with E-state index in [1.54, 1.807) is 22.2 Å². The van der Waals surface area contributed by atoms with Crippen LogP contribution in [0, 0.1) is 0 Å². The van der Waals surface area contributed by atoms with Gasteiger partial charge in [-0.15, -0.1) is 16.4 Å². The van der Waals surface area contributed by atoms with Gasteiger partial charge in [-0.2, -0.15) is 4.68 Å². The predicted molar refractivity (Wildman–Crippen MR) is 108 cm³/mol. The second-order valence-electron chi connectivity index (χ2n) is 7.01. The maximum atomic E-state index is 13.5. The molecule has 1 amide bonds. The number of aromatic nitrogens is 6. The first-order chi connectivity index (χ1) is 14.2. The highest BCUT2D eigenvalue weighted by molar-refractivity contribution is 7.15. The third-order valence-corrected chi connectivity index (χ3v) is 6.49. The Hall–Kier alpha value is -3.33. The molecule has 29 heavy (non-hydrogen) atoms. The molecule has 3 heterocycles. The maximum Gasteiger partial charge on any atom is 0.255 e. The molecule has 1 unspecified atom stereocenters. The lowest BCUT2D eigenvalue weighted by Gasteiger charge is -2.19. The fraction of sp³-hybridized carbons (Fsp3) is 0.250. The number of tetrazole rings is 1. The fourth-order valence-corrected chi connectivity index (χ4v) is 5.14. The van der Waals surface area contributed by atoms with E-state index in [1.165, 1.54) is 11.2 Å². The summed E-state index contributed by atoms with van der Waals surface area (Å²) < 4.78 is 3.51. The smallest absolute Gasteiger partial charge is 0.255 e. The number of nitrogens with zero attached hydrogens (tertiary/aromatic N) is 6. The van der Waals surface area contributed by atoms with E-state index in [4.69, 9.17) is 0 Å². The van der Waals surface area contributed by atoms with E-state index in [2.05, 4.69) is 25.8 Å². The first-order valence-electron chi connectivity index (χ1n) is 9.43. The molecule has 0 bridgehead atoms. The average Bonchev–Trinajstić information content (AvgIpc) is 3.50. The van der Waals surface area contributed by atoms with E-state index in [-0.39, 0.29) is 11.9 Å². The van der Waals surface area contributed by atoms with Gasteiger partial charge in [0, 0.05) is 24.3 Å². The number of hydrogen-bond donors (Lipinski definition) is 1. The first-order valence-corrected chi connectivity index (χ1v) is 10.2. The lowest BCUT2D eigenvalue weighted by atomic mass is 10.0. The molecule has 5 rings (SSSR count). The van der Waals surface area contributed by atoms with Crippen LogP contribution in [0.1, 0.15) is 44.6 Å². The molecule has 1 atom stereocenters. The highest BCUT2D eigenvalue weighted by Gasteiger charge is 2.30. The van der Waals surface area contributed by atoms with Crippen LogP contribution in [0.25, 0.3) is 5.00 Å². The lowest BCUT2D eigenvalue weighted by molar-refractivity contribution is 0.0940. The van der Waals surface area contributed by atoms with Crippen LogP contribution in [0.2, 0.25) is 0 Å². The first kappa shape index (κ1) is 17.7. The third-order valence-electron chi connectivity index (χ3n) is 5.21. The summed E-state index contributed by atoms with van der Waals surface area (Å²) >= 11 is 1.60. The van der Waals surface area contributed by atoms with Crippen molar-refractivity contribution < 1.29 is 4.79 Å². The van der Waals surface area contributed by atoms with Crippen molar-refractivity contribution in [1.82, 2.24) is 35.1 Å². The second-order valence-corrected chi connectivity index (χ2v) is 8.09. The molecule has 0 saturated heterocycles. The zero-order valence-corrected chi connectivity index (χ0v) is 16.6. The van der Waals surface area contributed by atoms with Crippen molar-refractivity contribution in [1.29, 1.82) is 0 Å². The van der Waals surface area contributed by atoms with E-state index in [1.807, 2.05) is 48.1 Å². The Balaban J connectivity index is 1.56. The van der Waals surface area contributed by atoms with E-state index >= 15 is 0 Å². The van der Waals surface area contributed by atoms with Crippen molar-refractivity contribution in [3.8, 4) is 5.00 Å². The molecule has 1 aliphatic rings. The minimum atomic E-state index is -0.359. The van der Waals surface area contributed by atoms with Crippen LogP contribution >= 0.6 is 11.3 Å². The Morgan fingerprint density at radius 1 is 1.24 bits per heavy atom. The summed E-state index contributed by atoms with van der Waals surface area (Å²) in [5, 5.41) is 15.5. The Morgan fingerprint density at radius 3 is 2.83 bits per heavy atom. The number of nitrogens with one attached hydrogen (secondary N) is 1. The van der Waals surface area contributed by atoms with Crippen LogP contribution < -0.4 is 5.32 Å². The summed E-state index contributed by atoms with van der Waals surface area (Å²) in [5.41, 5.74) is 2.76. The standard InChI is InChI=1S/C20H19N7OS/c1-26-11-10-21-18(26)17(13-6-3-2-4-7-13)23-19(28)16-14-8-5-9-15(14)29-20(16)27-12-22-24-25-27/h2-4,6-7,10-12,17H,5,8-9H2,1H3,(H,23,28). The molecular formula is C20H19N7OS. The van der Waals surface area contributed by atoms with Gasteiger partial charge in [0.05, 0.1) is 5.56 Å². The number of carbonyl (C=O) groups is 1. The Bertz CT molecular complexity index is 1150. The normalized spacial score (nSPS) is 14.0. The maximum absolute atomic E-state index is 13.5. The molecule has 4 aromatic rings. The van der Waals surface area contributed by atoms with Crippen molar-refractivity contribution in [3.63, 3.8) is 0 Å². The minimum Gasteiger partial charge on any atom is -0.338 e. The SMILES string of the molecule is Cn1ccnc1C(NC(=O)c1c(-n2cnnn2)sc2c1CCC2)c1ccccc1. The topological polar surface area (TPSA) is 90.5 Å². The van der Waals surface area contributed by atoms with Crippen molar-refractivity contribution in [3.05, 3.63) is 76.4 Å². The van der Waals surface area contributed by atoms with Crippen molar-refractivity contribution in [2.45, 2.75) is 25.3 Å². The summed E-state index contributed by atoms with van der Waals surface area (Å²) in [6.45, 7) is 0. The van der Waals surface area contributed by atoms with Gasteiger partial charge < -0.3 is 9.88 Å². The highest BCUT2D eigenvalue weighted by atomic mass is 32.1. The number of benzene rings is 1. The minimum absolute atomic E-state index is 0.133. The number of imidazole rings is 1. The predicted octanol–water partition coefficient (Wildman–Crippen LogP) is 2.47. The molecule has 0 fully saturated rings. The Morgan fingerprint density at radius 2 is 2.10 bits per heavy atom. The van der Waals surface area contributed by atoms with E-state index in [0.29, 0.717) is 5.56 Å². The lowest BCUT2D eigenvalue weighted by Crippen LogP contribution is -2.32. The monoisotopic (exact) mass is 405 g/mol. The number of amides is 1. The number of aryl methyl sites for hydroxylation is 2. The average molecular weight is 405 g/mol. The number of fused-ring (bicyclic) bond motifs is 1. The van der Waals surface area contributed by atoms with Crippen LogP contribution in [-0.4, -0.2) is 35.7 Å². The molecule has 3 aromatic heterocycles. The fourth-order valence-electron chi connectivity index (χ4n) is 3.84. The Kier molecular flexibility index (Phi) is 4.44. The molecular weight excluding hydrogens is 386 g/mol. The van der Waals surface area contributed by atoms with Gasteiger partial charge >= 0.3 is 0 Å². The summed E-state index contributed by atoms with van der Waals surface area (Å²) in [5.74, 6) is 0.646.